The van der Waals surface area contributed by atoms with Gasteiger partial charge in [0.15, 0.2) is 6.04 Å². The highest BCUT2D eigenvalue weighted by Gasteiger charge is 2.32. The van der Waals surface area contributed by atoms with Crippen molar-refractivity contribution in [2.45, 2.75) is 17.3 Å². The van der Waals surface area contributed by atoms with Gasteiger partial charge in [-0.2, -0.15) is 0 Å². The van der Waals surface area contributed by atoms with Crippen LogP contribution in [0.5, 0.6) is 0 Å². The van der Waals surface area contributed by atoms with Gasteiger partial charge in [-0.25, -0.2) is 0 Å². The van der Waals surface area contributed by atoms with Crippen LogP contribution in [0.3, 0.4) is 0 Å². The van der Waals surface area contributed by atoms with Gasteiger partial charge in [0.2, 0.25) is 11.8 Å². The van der Waals surface area contributed by atoms with Crippen LogP contribution in [0.2, 0.25) is 0 Å². The molecule has 3 aromatic carbocycles. The molecule has 0 fully saturated rings. The first-order chi connectivity index (χ1) is 17.9. The molecule has 0 spiro atoms. The minimum absolute atomic E-state index is 0.311. The summed E-state index contributed by atoms with van der Waals surface area (Å²) in [7, 11) is 0. The molecule has 0 saturated carbocycles. The lowest BCUT2D eigenvalue weighted by Gasteiger charge is -2.27. The van der Waals surface area contributed by atoms with E-state index in [1.807, 2.05) is 91.0 Å². The molecule has 0 aromatic heterocycles. The van der Waals surface area contributed by atoms with Gasteiger partial charge < -0.3 is 26.6 Å². The molecule has 0 aliphatic rings. The Morgan fingerprint density at radius 1 is 0.757 bits per heavy atom. The van der Waals surface area contributed by atoms with E-state index in [4.69, 9.17) is 5.73 Å². The van der Waals surface area contributed by atoms with Gasteiger partial charge in [-0.15, -0.1) is 0 Å². The second-order valence-electron chi connectivity index (χ2n) is 8.41. The Kier molecular flexibility index (Phi) is 11.0. The molecule has 0 heterocycles. The van der Waals surface area contributed by atoms with Crippen LogP contribution >= 0.6 is 15.9 Å². The highest BCUT2D eigenvalue weighted by atomic mass is 79.9. The average Bonchev–Trinajstić information content (AvgIpc) is 2.92. The normalized spacial score (nSPS) is 12.1. The number of halogens is 1. The van der Waals surface area contributed by atoms with Crippen LogP contribution in [-0.2, 0) is 20.8 Å². The average molecular weight is 567 g/mol. The molecule has 1 unspecified atom stereocenters. The highest BCUT2D eigenvalue weighted by Crippen LogP contribution is 2.11. The quantitative estimate of drug-likeness (QED) is 0.177. The van der Waals surface area contributed by atoms with Crippen LogP contribution in [0.4, 0.5) is 11.4 Å². The van der Waals surface area contributed by atoms with E-state index in [1.165, 1.54) is 4.90 Å². The summed E-state index contributed by atoms with van der Waals surface area (Å²) in [5.41, 5.74) is 8.35. The molecular formula is C28H32BrN5O3. The number of nitrogens with zero attached hydrogens (tertiary/aromatic N) is 1. The Morgan fingerprint density at radius 3 is 1.68 bits per heavy atom. The predicted octanol–water partition coefficient (Wildman–Crippen LogP) is 3.02. The fourth-order valence-electron chi connectivity index (χ4n) is 3.70. The maximum absolute atomic E-state index is 13.4. The maximum Gasteiger partial charge on any atom is 0.255 e. The van der Waals surface area contributed by atoms with Gasteiger partial charge in [0, 0.05) is 37.6 Å². The highest BCUT2D eigenvalue weighted by molar-refractivity contribution is 9.10. The molecule has 3 amide bonds. The molecule has 0 bridgehead atoms. The molecule has 0 aliphatic carbocycles. The molecule has 37 heavy (non-hydrogen) atoms. The van der Waals surface area contributed by atoms with Crippen molar-refractivity contribution in [2.24, 2.45) is 5.73 Å². The summed E-state index contributed by atoms with van der Waals surface area (Å²) in [6.45, 7) is 1.53. The third kappa shape index (κ3) is 9.27. The van der Waals surface area contributed by atoms with Gasteiger partial charge in [-0.3, -0.25) is 14.4 Å². The fraction of sp³-hybridized carbons (Fsp3) is 0.250. The molecule has 0 saturated heterocycles. The first-order valence-corrected chi connectivity index (χ1v) is 13.0. The van der Waals surface area contributed by atoms with Gasteiger partial charge in [-0.05, 0) is 36.2 Å². The number of hydrogen-bond donors (Lipinski definition) is 4. The number of nitrogens with two attached hydrogens (primary N) is 1. The number of carbonyl (C=O) groups excluding carboxylic acids is 3. The minimum atomic E-state index is -1.48. The summed E-state index contributed by atoms with van der Waals surface area (Å²) in [6, 6.07) is 27.2. The zero-order valence-corrected chi connectivity index (χ0v) is 22.1. The Labute approximate surface area is 225 Å². The van der Waals surface area contributed by atoms with Crippen molar-refractivity contribution in [3.63, 3.8) is 0 Å². The predicted molar refractivity (Wildman–Crippen MR) is 150 cm³/mol. The number of nitrogens with one attached hydrogen (secondary N) is 3. The second kappa shape index (κ2) is 14.6. The van der Waals surface area contributed by atoms with Crippen LogP contribution in [0.1, 0.15) is 5.56 Å². The first-order valence-electron chi connectivity index (χ1n) is 12.1. The van der Waals surface area contributed by atoms with Crippen LogP contribution < -0.4 is 21.7 Å². The van der Waals surface area contributed by atoms with E-state index in [0.717, 1.165) is 16.9 Å². The molecule has 9 heteroatoms. The zero-order chi connectivity index (χ0) is 26.5. The minimum Gasteiger partial charge on any atom is -0.383 e. The Balaban J connectivity index is 1.64. The van der Waals surface area contributed by atoms with Gasteiger partial charge in [0.25, 0.3) is 5.91 Å². The maximum atomic E-state index is 13.4. The van der Waals surface area contributed by atoms with Crippen LogP contribution in [-0.4, -0.2) is 59.7 Å². The Bertz CT molecular complexity index is 1090. The smallest absolute Gasteiger partial charge is 0.255 e. The van der Waals surface area contributed by atoms with E-state index in [-0.39, 0.29) is 0 Å². The summed E-state index contributed by atoms with van der Waals surface area (Å²) in [5.74, 6) is -1.94. The number of benzene rings is 3. The number of primary amides is 1. The second-order valence-corrected chi connectivity index (χ2v) is 9.52. The number of amides is 3. The molecule has 0 aliphatic heterocycles. The largest absolute Gasteiger partial charge is 0.383 e. The van der Waals surface area contributed by atoms with E-state index in [1.54, 1.807) is 0 Å². The van der Waals surface area contributed by atoms with E-state index >= 15 is 0 Å². The molecule has 0 radical (unpaired) electrons. The van der Waals surface area contributed by atoms with Gasteiger partial charge in [-0.1, -0.05) is 82.7 Å². The van der Waals surface area contributed by atoms with Crippen molar-refractivity contribution < 1.29 is 14.4 Å². The lowest BCUT2D eigenvalue weighted by atomic mass is 10.1. The number of carbonyl (C=O) groups is 3. The lowest BCUT2D eigenvalue weighted by Crippen LogP contribution is -2.57. The topological polar surface area (TPSA) is 117 Å². The fourth-order valence-corrected chi connectivity index (χ4v) is 4.20. The molecular weight excluding hydrogens is 534 g/mol. The summed E-state index contributed by atoms with van der Waals surface area (Å²) in [6.07, 6.45) is 0.401. The van der Waals surface area contributed by atoms with E-state index in [2.05, 4.69) is 31.9 Å². The number of para-hydroxylation sites is 2. The van der Waals surface area contributed by atoms with Gasteiger partial charge in [0.1, 0.15) is 0 Å². The van der Waals surface area contributed by atoms with Crippen molar-refractivity contribution in [3.05, 3.63) is 96.6 Å². The van der Waals surface area contributed by atoms with E-state index in [0.29, 0.717) is 32.6 Å². The van der Waals surface area contributed by atoms with Crippen molar-refractivity contribution in [2.75, 3.05) is 36.8 Å². The number of anilines is 2. The van der Waals surface area contributed by atoms with E-state index < -0.39 is 28.6 Å². The number of alkyl halides is 1. The monoisotopic (exact) mass is 565 g/mol. The van der Waals surface area contributed by atoms with Crippen molar-refractivity contribution in [3.8, 4) is 0 Å². The number of rotatable bonds is 14. The molecule has 3 aromatic rings. The number of hydrogen-bond acceptors (Lipinski definition) is 5. The summed E-state index contributed by atoms with van der Waals surface area (Å²) < 4.78 is 0. The summed E-state index contributed by atoms with van der Waals surface area (Å²) in [4.78, 5) is 39.4. The standard InChI is InChI=1S/C28H32BrN5O3/c29-24(20-21-10-4-1-5-11-21)27(36)33-25(26(30)35)28(37)34(18-16-31-22-12-6-2-7-13-22)19-17-32-23-14-8-3-9-15-23/h1-15,24-25,31-32H,16-20H2,(H2,30,35)(H,33,36)/t24-,25?/m1/s1. The van der Waals surface area contributed by atoms with Crippen molar-refractivity contribution in [1.82, 2.24) is 10.2 Å². The van der Waals surface area contributed by atoms with E-state index in [9.17, 15) is 14.4 Å². The zero-order valence-electron chi connectivity index (χ0n) is 20.5. The van der Waals surface area contributed by atoms with Crippen LogP contribution in [0.25, 0.3) is 0 Å². The SMILES string of the molecule is NC(=O)C(NC(=O)[C@H](Br)Cc1ccccc1)C(=O)N(CCNc1ccccc1)CCNc1ccccc1. The van der Waals surface area contributed by atoms with Gasteiger partial charge in [0.05, 0.1) is 4.83 Å². The summed E-state index contributed by atoms with van der Waals surface area (Å²) in [5, 5.41) is 9.08. The third-order valence-corrected chi connectivity index (χ3v) is 6.38. The lowest BCUT2D eigenvalue weighted by molar-refractivity contribution is -0.141. The van der Waals surface area contributed by atoms with Crippen molar-refractivity contribution >= 4 is 45.0 Å². The molecule has 3 rings (SSSR count). The summed E-state index contributed by atoms with van der Waals surface area (Å²) >= 11 is 3.37. The molecule has 8 nitrogen and oxygen atoms in total. The molecule has 5 N–H and O–H groups in total. The van der Waals surface area contributed by atoms with Crippen molar-refractivity contribution in [1.29, 1.82) is 0 Å². The molecule has 194 valence electrons. The first kappa shape index (κ1) is 27.7. The van der Waals surface area contributed by atoms with Crippen LogP contribution in [0.15, 0.2) is 91.0 Å². The molecule has 2 atom stereocenters. The third-order valence-electron chi connectivity index (χ3n) is 5.64. The Hall–Kier alpha value is -3.85. The Morgan fingerprint density at radius 2 is 1.22 bits per heavy atom. The van der Waals surface area contributed by atoms with Crippen LogP contribution in [0, 0.1) is 0 Å². The van der Waals surface area contributed by atoms with Gasteiger partial charge >= 0.3 is 0 Å².